The van der Waals surface area contributed by atoms with Crippen LogP contribution in [0.4, 0.5) is 5.69 Å². The molecule has 154 valence electrons. The second-order valence-electron chi connectivity index (χ2n) is 6.70. The molecule has 2 aromatic carbocycles. The van der Waals surface area contributed by atoms with Crippen molar-refractivity contribution in [3.63, 3.8) is 0 Å². The smallest absolute Gasteiger partial charge is 0.303 e. The number of aliphatic hydroxyl groups is 1. The number of nitrogens with zero attached hydrogens (tertiary/aromatic N) is 2. The third kappa shape index (κ3) is 4.04. The van der Waals surface area contributed by atoms with Crippen LogP contribution in [0.3, 0.4) is 0 Å². The minimum Gasteiger partial charge on any atom is -0.507 e. The largest absolute Gasteiger partial charge is 0.507 e. The molecule has 1 fully saturated rings. The molecule has 1 heterocycles. The summed E-state index contributed by atoms with van der Waals surface area (Å²) >= 11 is 0. The molecule has 9 heteroatoms. The van der Waals surface area contributed by atoms with Crippen LogP contribution in [0.2, 0.25) is 0 Å². The van der Waals surface area contributed by atoms with Crippen molar-refractivity contribution in [2.75, 3.05) is 6.54 Å². The average molecular weight is 410 g/mol. The number of rotatable bonds is 7. The lowest BCUT2D eigenvalue weighted by Gasteiger charge is -2.25. The fourth-order valence-electron chi connectivity index (χ4n) is 3.39. The first-order chi connectivity index (χ1) is 14.3. The van der Waals surface area contributed by atoms with E-state index in [2.05, 4.69) is 0 Å². The van der Waals surface area contributed by atoms with Gasteiger partial charge in [0.15, 0.2) is 0 Å². The number of carboxylic acids is 1. The van der Waals surface area contributed by atoms with Gasteiger partial charge in [0.2, 0.25) is 0 Å². The zero-order valence-corrected chi connectivity index (χ0v) is 15.7. The second-order valence-corrected chi connectivity index (χ2v) is 6.70. The molecule has 3 rings (SSSR count). The van der Waals surface area contributed by atoms with E-state index in [1.807, 2.05) is 0 Å². The van der Waals surface area contributed by atoms with E-state index < -0.39 is 28.6 Å². The molecule has 1 aliphatic rings. The van der Waals surface area contributed by atoms with E-state index in [1.165, 1.54) is 29.2 Å². The summed E-state index contributed by atoms with van der Waals surface area (Å²) in [4.78, 5) is 47.8. The number of carboxylic acid groups (broad SMARTS) is 1. The van der Waals surface area contributed by atoms with Crippen molar-refractivity contribution in [1.82, 2.24) is 4.90 Å². The number of nitro groups is 1. The number of ketones is 1. The molecule has 30 heavy (non-hydrogen) atoms. The average Bonchev–Trinajstić information content (AvgIpc) is 2.98. The van der Waals surface area contributed by atoms with Crippen molar-refractivity contribution in [1.29, 1.82) is 0 Å². The number of benzene rings is 2. The van der Waals surface area contributed by atoms with Crippen LogP contribution in [0.15, 0.2) is 60.2 Å². The van der Waals surface area contributed by atoms with Gasteiger partial charge in [0.1, 0.15) is 5.76 Å². The van der Waals surface area contributed by atoms with Crippen molar-refractivity contribution < 1.29 is 29.5 Å². The van der Waals surface area contributed by atoms with E-state index in [-0.39, 0.29) is 36.4 Å². The maximum atomic E-state index is 12.8. The van der Waals surface area contributed by atoms with Crippen molar-refractivity contribution >= 4 is 29.1 Å². The quantitative estimate of drug-likeness (QED) is 0.235. The molecule has 0 radical (unpaired) electrons. The second kappa shape index (κ2) is 8.56. The number of carbonyl (C=O) groups is 3. The minimum absolute atomic E-state index is 0.0237. The number of carbonyl (C=O) groups excluding carboxylic acids is 2. The fraction of sp³-hybridized carbons (Fsp3) is 0.190. The Hall–Kier alpha value is -4.01. The molecular weight excluding hydrogens is 392 g/mol. The van der Waals surface area contributed by atoms with Gasteiger partial charge in [0.05, 0.1) is 16.5 Å². The number of amides is 1. The van der Waals surface area contributed by atoms with Gasteiger partial charge in [-0.15, -0.1) is 0 Å². The monoisotopic (exact) mass is 410 g/mol. The highest BCUT2D eigenvalue weighted by Gasteiger charge is 2.45. The topological polar surface area (TPSA) is 138 Å². The summed E-state index contributed by atoms with van der Waals surface area (Å²) in [5.41, 5.74) is 0.431. The van der Waals surface area contributed by atoms with E-state index in [0.717, 1.165) is 0 Å². The van der Waals surface area contributed by atoms with Gasteiger partial charge in [-0.25, -0.2) is 0 Å². The number of hydrogen-bond acceptors (Lipinski definition) is 6. The first-order valence-electron chi connectivity index (χ1n) is 9.11. The van der Waals surface area contributed by atoms with Gasteiger partial charge in [-0.1, -0.05) is 30.3 Å². The first-order valence-corrected chi connectivity index (χ1v) is 9.11. The molecule has 0 spiro atoms. The van der Waals surface area contributed by atoms with Gasteiger partial charge in [-0.2, -0.15) is 0 Å². The number of non-ortho nitro benzene ring substituents is 1. The van der Waals surface area contributed by atoms with Crippen LogP contribution in [-0.2, 0) is 14.4 Å². The molecule has 1 amide bonds. The fourth-order valence-corrected chi connectivity index (χ4v) is 3.39. The maximum Gasteiger partial charge on any atom is 0.303 e. The molecule has 0 unspecified atom stereocenters. The van der Waals surface area contributed by atoms with Crippen LogP contribution in [0.1, 0.15) is 30.0 Å². The van der Waals surface area contributed by atoms with Crippen molar-refractivity contribution in [3.05, 3.63) is 81.4 Å². The van der Waals surface area contributed by atoms with E-state index in [0.29, 0.717) is 11.1 Å². The van der Waals surface area contributed by atoms with Crippen LogP contribution in [0.5, 0.6) is 0 Å². The van der Waals surface area contributed by atoms with Crippen molar-refractivity contribution in [2.45, 2.75) is 18.9 Å². The number of nitro benzene ring substituents is 1. The number of likely N-dealkylation sites (tertiary alicyclic amines) is 1. The van der Waals surface area contributed by atoms with Crippen LogP contribution in [-0.4, -0.2) is 44.2 Å². The predicted molar refractivity (Wildman–Crippen MR) is 105 cm³/mol. The predicted octanol–water partition coefficient (Wildman–Crippen LogP) is 2.88. The molecule has 9 nitrogen and oxygen atoms in total. The lowest BCUT2D eigenvalue weighted by Crippen LogP contribution is -2.31. The van der Waals surface area contributed by atoms with Gasteiger partial charge >= 0.3 is 5.97 Å². The van der Waals surface area contributed by atoms with Crippen LogP contribution >= 0.6 is 0 Å². The molecule has 0 aromatic heterocycles. The zero-order chi connectivity index (χ0) is 21.8. The highest BCUT2D eigenvalue weighted by molar-refractivity contribution is 6.46. The first kappa shape index (κ1) is 20.7. The lowest BCUT2D eigenvalue weighted by molar-refractivity contribution is -0.384. The van der Waals surface area contributed by atoms with Crippen molar-refractivity contribution in [2.24, 2.45) is 0 Å². The zero-order valence-electron chi connectivity index (χ0n) is 15.7. The Balaban J connectivity index is 2.09. The van der Waals surface area contributed by atoms with Crippen molar-refractivity contribution in [3.8, 4) is 0 Å². The molecule has 2 aromatic rings. The summed E-state index contributed by atoms with van der Waals surface area (Å²) in [6, 6.07) is 12.6. The van der Waals surface area contributed by atoms with Gasteiger partial charge in [-0.3, -0.25) is 24.5 Å². The SMILES string of the molecule is O=C(O)CCCN1C(=O)C(=O)C(=C(O)c2ccccc2)[C@H]1c1ccc([N+](=O)[O-])cc1. The van der Waals surface area contributed by atoms with Gasteiger partial charge in [0, 0.05) is 30.7 Å². The summed E-state index contributed by atoms with van der Waals surface area (Å²) in [6.07, 6.45) is -0.0914. The summed E-state index contributed by atoms with van der Waals surface area (Å²) in [7, 11) is 0. The Morgan fingerprint density at radius 2 is 1.67 bits per heavy atom. The molecule has 1 aliphatic heterocycles. The number of aliphatic hydroxyl groups excluding tert-OH is 1. The highest BCUT2D eigenvalue weighted by Crippen LogP contribution is 2.39. The highest BCUT2D eigenvalue weighted by atomic mass is 16.6. The standard InChI is InChI=1S/C21H18N2O7/c24-16(25)7-4-12-22-18(13-8-10-15(11-9-13)23(29)30)17(20(27)21(22)28)19(26)14-5-2-1-3-6-14/h1-3,5-6,8-11,18,26H,4,7,12H2,(H,24,25)/t18-/m1/s1. The van der Waals surface area contributed by atoms with Gasteiger partial charge in [0.25, 0.3) is 17.4 Å². The van der Waals surface area contributed by atoms with Gasteiger partial charge in [-0.05, 0) is 24.1 Å². The van der Waals surface area contributed by atoms with Gasteiger partial charge < -0.3 is 15.1 Å². The Morgan fingerprint density at radius 1 is 1.03 bits per heavy atom. The Labute approximate surface area is 171 Å². The normalized spacial score (nSPS) is 17.9. The van der Waals surface area contributed by atoms with E-state index >= 15 is 0 Å². The van der Waals surface area contributed by atoms with Crippen LogP contribution < -0.4 is 0 Å². The maximum absolute atomic E-state index is 12.8. The Morgan fingerprint density at radius 3 is 2.23 bits per heavy atom. The Kier molecular flexibility index (Phi) is 5.91. The number of hydrogen-bond donors (Lipinski definition) is 2. The third-order valence-electron chi connectivity index (χ3n) is 4.80. The van der Waals surface area contributed by atoms with E-state index in [4.69, 9.17) is 5.11 Å². The molecule has 1 saturated heterocycles. The third-order valence-corrected chi connectivity index (χ3v) is 4.80. The summed E-state index contributed by atoms with van der Waals surface area (Å²) < 4.78 is 0. The van der Waals surface area contributed by atoms with Crippen LogP contribution in [0, 0.1) is 10.1 Å². The number of aliphatic carboxylic acids is 1. The molecule has 0 saturated carbocycles. The lowest BCUT2D eigenvalue weighted by atomic mass is 9.95. The molecular formula is C21H18N2O7. The summed E-state index contributed by atoms with van der Waals surface area (Å²) in [5, 5.41) is 30.6. The molecule has 0 bridgehead atoms. The number of Topliss-reactive ketones (excluding diaryl/α,β-unsaturated/α-hetero) is 1. The van der Waals surface area contributed by atoms with E-state index in [1.54, 1.807) is 30.3 Å². The molecule has 1 atom stereocenters. The van der Waals surface area contributed by atoms with Crippen LogP contribution in [0.25, 0.3) is 5.76 Å². The minimum atomic E-state index is -1.04. The Bertz CT molecular complexity index is 1030. The molecule has 2 N–H and O–H groups in total. The summed E-state index contributed by atoms with van der Waals surface area (Å²) in [6.45, 7) is -0.0237. The van der Waals surface area contributed by atoms with E-state index in [9.17, 15) is 29.6 Å². The summed E-state index contributed by atoms with van der Waals surface area (Å²) in [5.74, 6) is -3.16. The molecule has 0 aliphatic carbocycles.